The zero-order chi connectivity index (χ0) is 24.0. The Morgan fingerprint density at radius 2 is 1.85 bits per heavy atom. The first kappa shape index (κ1) is 23.7. The highest BCUT2D eigenvalue weighted by Crippen LogP contribution is 2.46. The highest BCUT2D eigenvalue weighted by molar-refractivity contribution is 5.87. The van der Waals surface area contributed by atoms with Crippen molar-refractivity contribution in [3.8, 4) is 0 Å². The maximum atomic E-state index is 13.9. The number of carbonyl (C=O) groups is 2. The van der Waals surface area contributed by atoms with Gasteiger partial charge < -0.3 is 20.0 Å². The number of hydrogen-bond acceptors (Lipinski definition) is 4. The van der Waals surface area contributed by atoms with Crippen molar-refractivity contribution in [1.82, 2.24) is 4.90 Å². The topological polar surface area (TPSA) is 84.3 Å². The lowest BCUT2D eigenvalue weighted by Crippen LogP contribution is -2.50. The molecule has 2 N–H and O–H groups in total. The van der Waals surface area contributed by atoms with Crippen LogP contribution in [-0.4, -0.2) is 65.9 Å². The van der Waals surface area contributed by atoms with Crippen molar-refractivity contribution in [2.24, 2.45) is 5.41 Å². The van der Waals surface area contributed by atoms with Crippen molar-refractivity contribution >= 4 is 23.4 Å². The Labute approximate surface area is 190 Å². The van der Waals surface area contributed by atoms with Crippen LogP contribution in [0.3, 0.4) is 0 Å². The summed E-state index contributed by atoms with van der Waals surface area (Å²) in [6, 6.07) is 3.64. The molecule has 1 unspecified atom stereocenters. The summed E-state index contributed by atoms with van der Waals surface area (Å²) < 4.78 is 41.8. The molecule has 2 amide bonds. The van der Waals surface area contributed by atoms with Crippen molar-refractivity contribution in [1.29, 1.82) is 0 Å². The molecule has 33 heavy (non-hydrogen) atoms. The smallest absolute Gasteiger partial charge is 0.418 e. The van der Waals surface area contributed by atoms with Crippen molar-refractivity contribution in [3.63, 3.8) is 0 Å². The minimum absolute atomic E-state index is 0.0175. The summed E-state index contributed by atoms with van der Waals surface area (Å²) in [5.74, 6) is 0.0179. The van der Waals surface area contributed by atoms with E-state index < -0.39 is 23.2 Å². The normalized spacial score (nSPS) is 28.5. The largest absolute Gasteiger partial charge is 0.465 e. The number of carbonyl (C=O) groups excluding carboxylic acids is 1. The number of carboxylic acid groups (broad SMARTS) is 1. The summed E-state index contributed by atoms with van der Waals surface area (Å²) in [6.07, 6.45) is -1.62. The monoisotopic (exact) mass is 469 g/mol. The number of benzene rings is 1. The first-order valence-corrected chi connectivity index (χ1v) is 11.4. The van der Waals surface area contributed by atoms with E-state index in [0.717, 1.165) is 23.8 Å². The zero-order valence-corrected chi connectivity index (χ0v) is 18.6. The van der Waals surface area contributed by atoms with Crippen LogP contribution in [0, 0.1) is 5.41 Å². The third-order valence-corrected chi connectivity index (χ3v) is 7.53. The fourth-order valence-electron chi connectivity index (χ4n) is 5.63. The predicted octanol–water partition coefficient (Wildman–Crippen LogP) is 3.94. The zero-order valence-electron chi connectivity index (χ0n) is 18.6. The summed E-state index contributed by atoms with van der Waals surface area (Å²) in [4.78, 5) is 29.0. The van der Waals surface area contributed by atoms with Crippen LogP contribution in [0.5, 0.6) is 0 Å². The summed E-state index contributed by atoms with van der Waals surface area (Å²) in [5, 5.41) is 18.9. The summed E-state index contributed by atoms with van der Waals surface area (Å²) in [7, 11) is 1.20. The Hall–Kier alpha value is -2.49. The van der Waals surface area contributed by atoms with Gasteiger partial charge in [0.1, 0.15) is 0 Å². The van der Waals surface area contributed by atoms with Crippen LogP contribution in [-0.2, 0) is 11.0 Å². The number of likely N-dealkylation sites (tertiary alicyclic amines) is 1. The van der Waals surface area contributed by atoms with Gasteiger partial charge >= 0.3 is 12.3 Å². The Morgan fingerprint density at radius 3 is 2.48 bits per heavy atom. The number of piperidine rings is 1. The van der Waals surface area contributed by atoms with Crippen molar-refractivity contribution < 1.29 is 33.0 Å². The van der Waals surface area contributed by atoms with E-state index in [4.69, 9.17) is 5.11 Å². The van der Waals surface area contributed by atoms with Gasteiger partial charge in [0.15, 0.2) is 0 Å². The van der Waals surface area contributed by atoms with Gasteiger partial charge in [-0.3, -0.25) is 9.69 Å². The fourth-order valence-corrected chi connectivity index (χ4v) is 5.63. The molecule has 3 aliphatic rings. The van der Waals surface area contributed by atoms with Crippen LogP contribution in [0.4, 0.5) is 29.3 Å². The van der Waals surface area contributed by atoms with Crippen LogP contribution in [0.25, 0.3) is 0 Å². The number of aliphatic hydroxyl groups is 1. The molecule has 1 saturated carbocycles. The van der Waals surface area contributed by atoms with E-state index in [-0.39, 0.29) is 36.0 Å². The Kier molecular flexibility index (Phi) is 6.24. The third kappa shape index (κ3) is 4.49. The SMILES string of the molecule is CN(C(=O)O)c1ccc(N2CCCC3(CCN([C@H]4CC[C@H](O)CC4)C3=O)C2)c(C(F)(F)F)c1. The van der Waals surface area contributed by atoms with Gasteiger partial charge in [0.2, 0.25) is 5.91 Å². The minimum atomic E-state index is -4.66. The average Bonchev–Trinajstić information content (AvgIpc) is 3.08. The molecule has 1 aromatic carbocycles. The number of amides is 2. The number of rotatable bonds is 3. The molecule has 1 aromatic rings. The van der Waals surface area contributed by atoms with Gasteiger partial charge in [-0.15, -0.1) is 0 Å². The first-order valence-electron chi connectivity index (χ1n) is 11.4. The second-order valence-electron chi connectivity index (χ2n) is 9.56. The van der Waals surface area contributed by atoms with Gasteiger partial charge in [-0.1, -0.05) is 0 Å². The highest BCUT2D eigenvalue weighted by Gasteiger charge is 2.51. The molecule has 10 heteroatoms. The predicted molar refractivity (Wildman–Crippen MR) is 116 cm³/mol. The molecule has 2 saturated heterocycles. The maximum Gasteiger partial charge on any atom is 0.418 e. The molecule has 4 rings (SSSR count). The number of alkyl halides is 3. The second-order valence-corrected chi connectivity index (χ2v) is 9.56. The lowest BCUT2D eigenvalue weighted by molar-refractivity contribution is -0.139. The van der Waals surface area contributed by atoms with E-state index in [1.54, 1.807) is 4.90 Å². The lowest BCUT2D eigenvalue weighted by atomic mass is 9.78. The van der Waals surface area contributed by atoms with Crippen molar-refractivity contribution in [2.75, 3.05) is 36.5 Å². The molecule has 7 nitrogen and oxygen atoms in total. The summed E-state index contributed by atoms with van der Waals surface area (Å²) in [6.45, 7) is 1.22. The van der Waals surface area contributed by atoms with Gasteiger partial charge in [-0.2, -0.15) is 13.2 Å². The quantitative estimate of drug-likeness (QED) is 0.701. The molecule has 1 spiro atoms. The highest BCUT2D eigenvalue weighted by atomic mass is 19.4. The second kappa shape index (κ2) is 8.70. The van der Waals surface area contributed by atoms with E-state index in [2.05, 4.69) is 0 Å². The van der Waals surface area contributed by atoms with Crippen LogP contribution < -0.4 is 9.80 Å². The molecule has 0 radical (unpaired) electrons. The van der Waals surface area contributed by atoms with Crippen molar-refractivity contribution in [2.45, 2.75) is 63.3 Å². The molecule has 2 heterocycles. The molecular weight excluding hydrogens is 439 g/mol. The van der Waals surface area contributed by atoms with E-state index in [1.807, 2.05) is 4.90 Å². The van der Waals surface area contributed by atoms with E-state index in [9.17, 15) is 27.9 Å². The van der Waals surface area contributed by atoms with Crippen molar-refractivity contribution in [3.05, 3.63) is 23.8 Å². The Balaban J connectivity index is 1.58. The van der Waals surface area contributed by atoms with E-state index in [1.165, 1.54) is 19.2 Å². The van der Waals surface area contributed by atoms with Crippen LogP contribution in [0.2, 0.25) is 0 Å². The Bertz CT molecular complexity index is 917. The molecule has 2 aliphatic heterocycles. The summed E-state index contributed by atoms with van der Waals surface area (Å²) in [5.41, 5.74) is -1.67. The first-order chi connectivity index (χ1) is 15.5. The van der Waals surface area contributed by atoms with E-state index in [0.29, 0.717) is 45.2 Å². The molecular formula is C23H30F3N3O4. The van der Waals surface area contributed by atoms with Crippen LogP contribution in [0.1, 0.15) is 50.5 Å². The van der Waals surface area contributed by atoms with Gasteiger partial charge in [0.25, 0.3) is 0 Å². The molecule has 0 aromatic heterocycles. The number of halogens is 3. The number of anilines is 2. The number of hydrogen-bond donors (Lipinski definition) is 2. The van der Waals surface area contributed by atoms with E-state index >= 15 is 0 Å². The lowest BCUT2D eigenvalue weighted by Gasteiger charge is -2.42. The number of aliphatic hydroxyl groups excluding tert-OH is 1. The van der Waals surface area contributed by atoms with Crippen LogP contribution >= 0.6 is 0 Å². The minimum Gasteiger partial charge on any atom is -0.465 e. The van der Waals surface area contributed by atoms with Gasteiger partial charge in [-0.25, -0.2) is 4.79 Å². The Morgan fingerprint density at radius 1 is 1.15 bits per heavy atom. The molecule has 182 valence electrons. The fraction of sp³-hybridized carbons (Fsp3) is 0.652. The summed E-state index contributed by atoms with van der Waals surface area (Å²) >= 11 is 0. The molecule has 0 bridgehead atoms. The third-order valence-electron chi connectivity index (χ3n) is 7.53. The standard InChI is InChI=1S/C23H30F3N3O4/c1-27(21(32)33)16-5-8-19(18(13-16)23(24,25)26)28-11-2-9-22(14-28)10-12-29(20(22)31)15-3-6-17(30)7-4-15/h5,8,13,15,17,30H,2-4,6-7,9-12,14H2,1H3,(H,32,33)/t15-,17-,22?. The number of nitrogens with zero attached hydrogens (tertiary/aromatic N) is 3. The van der Waals surface area contributed by atoms with Gasteiger partial charge in [0, 0.05) is 44.1 Å². The maximum absolute atomic E-state index is 13.9. The van der Waals surface area contributed by atoms with Crippen LogP contribution in [0.15, 0.2) is 18.2 Å². The van der Waals surface area contributed by atoms with Gasteiger partial charge in [-0.05, 0) is 63.1 Å². The molecule has 3 fully saturated rings. The molecule has 1 aliphatic carbocycles. The van der Waals surface area contributed by atoms with Gasteiger partial charge in [0.05, 0.1) is 17.1 Å². The average molecular weight is 470 g/mol. The molecule has 1 atom stereocenters.